The Morgan fingerprint density at radius 3 is 2.24 bits per heavy atom. The smallest absolute Gasteiger partial charge is 0.462 e. The predicted molar refractivity (Wildman–Crippen MR) is 170 cm³/mol. The van der Waals surface area contributed by atoms with E-state index in [2.05, 4.69) is 15.0 Å². The summed E-state index contributed by atoms with van der Waals surface area (Å²) in [5.41, 5.74) is 1.14. The van der Waals surface area contributed by atoms with Gasteiger partial charge in [-0.2, -0.15) is 0 Å². The molecule has 1 spiro atoms. The van der Waals surface area contributed by atoms with Crippen molar-refractivity contribution in [1.82, 2.24) is 9.62 Å². The number of anilines is 1. The lowest BCUT2D eigenvalue weighted by molar-refractivity contribution is -0.274. The first kappa shape index (κ1) is 37.3. The number of alkyl halides is 3. The predicted octanol–water partition coefficient (Wildman–Crippen LogP) is 3.02. The average molecular weight is 711 g/mol. The van der Waals surface area contributed by atoms with Crippen molar-refractivity contribution in [3.05, 3.63) is 59.2 Å². The number of carbonyl (C=O) groups is 4. The van der Waals surface area contributed by atoms with Crippen molar-refractivity contribution in [1.29, 1.82) is 0 Å². The van der Waals surface area contributed by atoms with Crippen molar-refractivity contribution in [2.24, 2.45) is 4.99 Å². The molecule has 1 atom stereocenters. The van der Waals surface area contributed by atoms with Gasteiger partial charge in [0.05, 0.1) is 12.3 Å². The van der Waals surface area contributed by atoms with Gasteiger partial charge in [0.15, 0.2) is 6.10 Å². The normalized spacial score (nSPS) is 16.8. The Bertz CT molecular complexity index is 1720. The van der Waals surface area contributed by atoms with E-state index >= 15 is 0 Å². The third kappa shape index (κ3) is 9.78. The molecule has 13 nitrogen and oxygen atoms in total. The van der Waals surface area contributed by atoms with Crippen LogP contribution in [0.2, 0.25) is 0 Å². The molecule has 0 unspecified atom stereocenters. The second-order valence-corrected chi connectivity index (χ2v) is 13.8. The molecule has 49 heavy (non-hydrogen) atoms. The summed E-state index contributed by atoms with van der Waals surface area (Å²) in [6.07, 6.45) is -5.32. The molecule has 0 radical (unpaired) electrons. The van der Waals surface area contributed by atoms with Gasteiger partial charge in [0.25, 0.3) is 5.91 Å². The molecule has 2 heterocycles. The van der Waals surface area contributed by atoms with Gasteiger partial charge in [0.2, 0.25) is 15.9 Å². The number of ether oxygens (including phenoxy) is 3. The number of aryl methyl sites for hydroxylation is 2. The Hall–Kier alpha value is -4.51. The molecule has 266 valence electrons. The number of benzene rings is 2. The first-order chi connectivity index (χ1) is 22.9. The Morgan fingerprint density at radius 2 is 1.69 bits per heavy atom. The minimum Gasteiger partial charge on any atom is -0.462 e. The van der Waals surface area contributed by atoms with Crippen molar-refractivity contribution < 1.29 is 55.0 Å². The van der Waals surface area contributed by atoms with E-state index in [4.69, 9.17) is 9.47 Å². The van der Waals surface area contributed by atoms with E-state index in [1.165, 1.54) is 42.1 Å². The van der Waals surface area contributed by atoms with Crippen LogP contribution >= 0.6 is 0 Å². The van der Waals surface area contributed by atoms with Gasteiger partial charge in [-0.3, -0.25) is 24.2 Å². The molecular formula is C32H37F3N4O9S. The summed E-state index contributed by atoms with van der Waals surface area (Å²) in [6.45, 7) is 5.33. The van der Waals surface area contributed by atoms with Gasteiger partial charge in [-0.15, -0.1) is 13.2 Å². The highest BCUT2D eigenvalue weighted by Crippen LogP contribution is 2.33. The van der Waals surface area contributed by atoms with Gasteiger partial charge in [-0.25, -0.2) is 12.7 Å². The number of esters is 2. The molecule has 2 aliphatic rings. The van der Waals surface area contributed by atoms with E-state index in [1.807, 2.05) is 0 Å². The Labute approximate surface area is 281 Å². The van der Waals surface area contributed by atoms with Crippen LogP contribution in [-0.2, 0) is 45.1 Å². The molecule has 4 rings (SSSR count). The van der Waals surface area contributed by atoms with Gasteiger partial charge in [-0.1, -0.05) is 6.07 Å². The third-order valence-electron chi connectivity index (χ3n) is 8.12. The number of halogens is 3. The van der Waals surface area contributed by atoms with Crippen LogP contribution in [-0.4, -0.2) is 92.3 Å². The molecule has 1 saturated heterocycles. The zero-order valence-electron chi connectivity index (χ0n) is 27.3. The van der Waals surface area contributed by atoms with E-state index in [-0.39, 0.29) is 63.0 Å². The number of nitrogens with zero attached hydrogens (tertiary/aromatic N) is 3. The molecule has 1 N–H and O–H groups in total. The van der Waals surface area contributed by atoms with E-state index < -0.39 is 51.6 Å². The van der Waals surface area contributed by atoms with Crippen LogP contribution in [0, 0.1) is 6.92 Å². The number of carbonyl (C=O) groups excluding carboxylic acids is 4. The lowest BCUT2D eigenvalue weighted by atomic mass is 9.89. The molecule has 1 fully saturated rings. The largest absolute Gasteiger partial charge is 0.573 e. The summed E-state index contributed by atoms with van der Waals surface area (Å²) < 4.78 is 79.5. The van der Waals surface area contributed by atoms with Crippen molar-refractivity contribution in [3.8, 4) is 5.75 Å². The van der Waals surface area contributed by atoms with E-state index in [0.29, 0.717) is 11.3 Å². The van der Waals surface area contributed by atoms with E-state index in [9.17, 15) is 40.8 Å². The number of hydrogen-bond donors (Lipinski definition) is 1. The number of aliphatic imine (C=N–C) groups is 1. The molecule has 0 aromatic heterocycles. The van der Waals surface area contributed by atoms with Crippen molar-refractivity contribution in [3.63, 3.8) is 0 Å². The molecule has 0 bridgehead atoms. The molecule has 2 aliphatic heterocycles. The fourth-order valence-electron chi connectivity index (χ4n) is 5.63. The van der Waals surface area contributed by atoms with Crippen molar-refractivity contribution in [2.45, 2.75) is 65.0 Å². The summed E-state index contributed by atoms with van der Waals surface area (Å²) in [5.74, 6) is -2.36. The zero-order valence-corrected chi connectivity index (χ0v) is 28.2. The number of rotatable bonds is 12. The lowest BCUT2D eigenvalue weighted by Crippen LogP contribution is -2.50. The van der Waals surface area contributed by atoms with Crippen molar-refractivity contribution >= 4 is 45.3 Å². The number of amidine groups is 1. The Morgan fingerprint density at radius 1 is 1.04 bits per heavy atom. The minimum atomic E-state index is -4.84. The van der Waals surface area contributed by atoms with Crippen LogP contribution < -0.4 is 15.0 Å². The highest BCUT2D eigenvalue weighted by molar-refractivity contribution is 7.89. The highest BCUT2D eigenvalue weighted by Gasteiger charge is 2.47. The van der Waals surface area contributed by atoms with Gasteiger partial charge in [0, 0.05) is 45.1 Å². The zero-order chi connectivity index (χ0) is 36.1. The van der Waals surface area contributed by atoms with Crippen LogP contribution in [0.15, 0.2) is 47.5 Å². The van der Waals surface area contributed by atoms with Gasteiger partial charge in [0.1, 0.15) is 23.7 Å². The fourth-order valence-corrected chi connectivity index (χ4v) is 7.10. The minimum absolute atomic E-state index is 0.0488. The summed E-state index contributed by atoms with van der Waals surface area (Å²) in [7, 11) is -3.74. The SMILES string of the molecule is CC(=O)OC[C@H](CN(C(C)=O)c1ccc(CCS(=O)(=O)N2CCC3(CC2)N=C(c2ccc(OC(F)(F)F)cc2)NC3=O)c(C)c1)OC(C)=O. The van der Waals surface area contributed by atoms with Crippen molar-refractivity contribution in [2.75, 3.05) is 36.9 Å². The number of amides is 2. The first-order valence-corrected chi connectivity index (χ1v) is 16.9. The number of piperidine rings is 1. The second-order valence-electron chi connectivity index (χ2n) is 11.8. The van der Waals surface area contributed by atoms with Crippen LogP contribution in [0.25, 0.3) is 0 Å². The molecule has 2 aromatic rings. The molecule has 2 amide bonds. The molecule has 2 aromatic carbocycles. The van der Waals surface area contributed by atoms with E-state index in [0.717, 1.165) is 23.3 Å². The van der Waals surface area contributed by atoms with Crippen LogP contribution in [0.3, 0.4) is 0 Å². The second kappa shape index (κ2) is 14.9. The summed E-state index contributed by atoms with van der Waals surface area (Å²) in [5, 5.41) is 2.67. The maximum absolute atomic E-state index is 13.3. The maximum Gasteiger partial charge on any atom is 0.573 e. The van der Waals surface area contributed by atoms with Gasteiger partial charge >= 0.3 is 18.3 Å². The van der Waals surface area contributed by atoms with Crippen LogP contribution in [0.1, 0.15) is 50.3 Å². The summed E-state index contributed by atoms with van der Waals surface area (Å²) in [4.78, 5) is 54.2. The maximum atomic E-state index is 13.3. The Balaban J connectivity index is 1.37. The molecule has 0 saturated carbocycles. The van der Waals surface area contributed by atoms with Crippen LogP contribution in [0.5, 0.6) is 5.75 Å². The molecule has 0 aliphatic carbocycles. The molecular weight excluding hydrogens is 673 g/mol. The Kier molecular flexibility index (Phi) is 11.4. The van der Waals surface area contributed by atoms with E-state index in [1.54, 1.807) is 25.1 Å². The highest BCUT2D eigenvalue weighted by atomic mass is 32.2. The first-order valence-electron chi connectivity index (χ1n) is 15.3. The number of hydrogen-bond acceptors (Lipinski definition) is 10. The topological polar surface area (TPSA) is 161 Å². The quantitative estimate of drug-likeness (QED) is 0.327. The summed E-state index contributed by atoms with van der Waals surface area (Å²) in [6, 6.07) is 10.0. The summed E-state index contributed by atoms with van der Waals surface area (Å²) >= 11 is 0. The van der Waals surface area contributed by atoms with Crippen LogP contribution in [0.4, 0.5) is 18.9 Å². The average Bonchev–Trinajstić information content (AvgIpc) is 3.31. The number of nitrogens with one attached hydrogen (secondary N) is 1. The lowest BCUT2D eigenvalue weighted by Gasteiger charge is -2.34. The number of sulfonamides is 1. The third-order valence-corrected chi connectivity index (χ3v) is 10.00. The van der Waals surface area contributed by atoms with Gasteiger partial charge < -0.3 is 24.4 Å². The molecule has 17 heteroatoms. The standard InChI is InChI=1S/C32H37F3N4O9S/c1-20-17-26(39(21(2)40)18-28(47-23(4)42)19-46-22(3)41)8-5-24(20)11-16-49(44,45)38-14-12-31(13-15-38)30(43)36-29(37-31)25-6-9-27(10-7-25)48-32(33,34)35/h5-10,17,28H,11-16,18-19H2,1-4H3,(H,36,37,43)/t28-/m0/s1. The fraction of sp³-hybridized carbons (Fsp3) is 0.469. The van der Waals surface area contributed by atoms with Gasteiger partial charge in [-0.05, 0) is 73.7 Å². The monoisotopic (exact) mass is 710 g/mol.